The molecular formula is C21H20N2O3. The number of esters is 1. The average molecular weight is 348 g/mol. The molecule has 3 rings (SSSR count). The van der Waals surface area contributed by atoms with Crippen LogP contribution in [0.2, 0.25) is 0 Å². The summed E-state index contributed by atoms with van der Waals surface area (Å²) in [5, 5.41) is 9.09. The Morgan fingerprint density at radius 3 is 2.65 bits per heavy atom. The van der Waals surface area contributed by atoms with E-state index in [0.29, 0.717) is 17.7 Å². The number of amides is 1. The van der Waals surface area contributed by atoms with Crippen molar-refractivity contribution < 1.29 is 14.3 Å². The SMILES string of the molecule is C[C@@H](c1ccccc1)N1C[C@@H](C(=O)OCc2ccccc2C#N)CC1=O. The lowest BCUT2D eigenvalue weighted by Gasteiger charge is -2.25. The molecule has 1 saturated heterocycles. The molecule has 0 saturated carbocycles. The van der Waals surface area contributed by atoms with Crippen molar-refractivity contribution in [2.24, 2.45) is 5.92 Å². The largest absolute Gasteiger partial charge is 0.460 e. The molecule has 0 radical (unpaired) electrons. The van der Waals surface area contributed by atoms with Crippen LogP contribution in [0.5, 0.6) is 0 Å². The molecule has 0 aliphatic carbocycles. The first-order valence-corrected chi connectivity index (χ1v) is 8.59. The zero-order chi connectivity index (χ0) is 18.5. The number of likely N-dealkylation sites (tertiary alicyclic amines) is 1. The number of nitrogens with zero attached hydrogens (tertiary/aromatic N) is 2. The summed E-state index contributed by atoms with van der Waals surface area (Å²) in [6.07, 6.45) is 0.163. The van der Waals surface area contributed by atoms with Crippen LogP contribution in [0.1, 0.15) is 36.1 Å². The number of carbonyl (C=O) groups is 2. The molecule has 2 atom stereocenters. The van der Waals surface area contributed by atoms with E-state index in [1.165, 1.54) is 0 Å². The first-order chi connectivity index (χ1) is 12.6. The number of nitriles is 1. The van der Waals surface area contributed by atoms with E-state index >= 15 is 0 Å². The number of hydrogen-bond acceptors (Lipinski definition) is 4. The zero-order valence-corrected chi connectivity index (χ0v) is 14.6. The van der Waals surface area contributed by atoms with Crippen LogP contribution < -0.4 is 0 Å². The Morgan fingerprint density at radius 1 is 1.23 bits per heavy atom. The van der Waals surface area contributed by atoms with Gasteiger partial charge in [-0.2, -0.15) is 5.26 Å². The Bertz CT molecular complexity index is 842. The first kappa shape index (κ1) is 17.7. The second-order valence-electron chi connectivity index (χ2n) is 6.41. The van der Waals surface area contributed by atoms with Crippen molar-refractivity contribution in [2.75, 3.05) is 6.54 Å². The van der Waals surface area contributed by atoms with Crippen LogP contribution in [0.15, 0.2) is 54.6 Å². The summed E-state index contributed by atoms with van der Waals surface area (Å²) in [6.45, 7) is 2.36. The van der Waals surface area contributed by atoms with Crippen LogP contribution in [0.25, 0.3) is 0 Å². The molecule has 1 heterocycles. The van der Waals surface area contributed by atoms with Crippen LogP contribution >= 0.6 is 0 Å². The van der Waals surface area contributed by atoms with E-state index in [2.05, 4.69) is 6.07 Å². The summed E-state index contributed by atoms with van der Waals surface area (Å²) in [7, 11) is 0. The average Bonchev–Trinajstić information content (AvgIpc) is 3.08. The summed E-state index contributed by atoms with van der Waals surface area (Å²) < 4.78 is 5.37. The van der Waals surface area contributed by atoms with Gasteiger partial charge in [0.05, 0.1) is 23.6 Å². The zero-order valence-electron chi connectivity index (χ0n) is 14.6. The van der Waals surface area contributed by atoms with Gasteiger partial charge < -0.3 is 9.64 Å². The van der Waals surface area contributed by atoms with Crippen LogP contribution in [-0.4, -0.2) is 23.3 Å². The van der Waals surface area contributed by atoms with Gasteiger partial charge in [0, 0.05) is 18.5 Å². The molecule has 5 heteroatoms. The van der Waals surface area contributed by atoms with Crippen molar-refractivity contribution in [1.82, 2.24) is 4.90 Å². The van der Waals surface area contributed by atoms with E-state index < -0.39 is 11.9 Å². The molecule has 2 aromatic rings. The number of hydrogen-bond donors (Lipinski definition) is 0. The van der Waals surface area contributed by atoms with Gasteiger partial charge >= 0.3 is 5.97 Å². The van der Waals surface area contributed by atoms with Gasteiger partial charge in [-0.3, -0.25) is 9.59 Å². The molecular weight excluding hydrogens is 328 g/mol. The van der Waals surface area contributed by atoms with Crippen molar-refractivity contribution in [3.63, 3.8) is 0 Å². The molecule has 2 aromatic carbocycles. The Labute approximate surface area is 152 Å². The quantitative estimate of drug-likeness (QED) is 0.778. The van der Waals surface area contributed by atoms with Gasteiger partial charge in [-0.15, -0.1) is 0 Å². The third-order valence-electron chi connectivity index (χ3n) is 4.75. The highest BCUT2D eigenvalue weighted by Crippen LogP contribution is 2.29. The van der Waals surface area contributed by atoms with Gasteiger partial charge in [-0.1, -0.05) is 48.5 Å². The molecule has 0 spiro atoms. The highest BCUT2D eigenvalue weighted by Gasteiger charge is 2.37. The van der Waals surface area contributed by atoms with E-state index in [9.17, 15) is 9.59 Å². The molecule has 0 bridgehead atoms. The minimum atomic E-state index is -0.470. The predicted octanol–water partition coefficient (Wildman–Crippen LogP) is 3.21. The predicted molar refractivity (Wildman–Crippen MR) is 95.6 cm³/mol. The van der Waals surface area contributed by atoms with Gasteiger partial charge in [0.1, 0.15) is 6.61 Å². The molecule has 0 unspecified atom stereocenters. The molecule has 1 amide bonds. The van der Waals surface area contributed by atoms with Crippen molar-refractivity contribution in [3.05, 3.63) is 71.3 Å². The molecule has 1 aliphatic rings. The van der Waals surface area contributed by atoms with Crippen LogP contribution in [-0.2, 0) is 20.9 Å². The van der Waals surface area contributed by atoms with Gasteiger partial charge in [0.15, 0.2) is 0 Å². The lowest BCUT2D eigenvalue weighted by molar-refractivity contribution is -0.149. The van der Waals surface area contributed by atoms with E-state index in [0.717, 1.165) is 5.56 Å². The highest BCUT2D eigenvalue weighted by atomic mass is 16.5. The normalized spacial score (nSPS) is 17.6. The van der Waals surface area contributed by atoms with E-state index in [-0.39, 0.29) is 25.0 Å². The smallest absolute Gasteiger partial charge is 0.311 e. The minimum Gasteiger partial charge on any atom is -0.460 e. The van der Waals surface area contributed by atoms with E-state index in [1.807, 2.05) is 37.3 Å². The van der Waals surface area contributed by atoms with Crippen LogP contribution in [0.3, 0.4) is 0 Å². The van der Waals surface area contributed by atoms with Crippen molar-refractivity contribution in [3.8, 4) is 6.07 Å². The maximum Gasteiger partial charge on any atom is 0.311 e. The Hall–Kier alpha value is -3.13. The summed E-state index contributed by atoms with van der Waals surface area (Å²) in [4.78, 5) is 26.5. The second kappa shape index (κ2) is 7.83. The number of rotatable bonds is 5. The topological polar surface area (TPSA) is 70.4 Å². The fraction of sp³-hybridized carbons (Fsp3) is 0.286. The Morgan fingerprint density at radius 2 is 1.92 bits per heavy atom. The lowest BCUT2D eigenvalue weighted by Crippen LogP contribution is -2.29. The second-order valence-corrected chi connectivity index (χ2v) is 6.41. The molecule has 26 heavy (non-hydrogen) atoms. The van der Waals surface area contributed by atoms with Gasteiger partial charge in [0.2, 0.25) is 5.91 Å². The molecule has 0 aromatic heterocycles. The highest BCUT2D eigenvalue weighted by molar-refractivity contribution is 5.87. The maximum atomic E-state index is 12.4. The van der Waals surface area contributed by atoms with E-state index in [1.54, 1.807) is 29.2 Å². The molecule has 5 nitrogen and oxygen atoms in total. The number of benzene rings is 2. The molecule has 1 aliphatic heterocycles. The number of ether oxygens (including phenoxy) is 1. The molecule has 0 N–H and O–H groups in total. The monoisotopic (exact) mass is 348 g/mol. The van der Waals surface area contributed by atoms with Crippen molar-refractivity contribution in [1.29, 1.82) is 5.26 Å². The summed E-state index contributed by atoms with van der Waals surface area (Å²) >= 11 is 0. The maximum absolute atomic E-state index is 12.4. The van der Waals surface area contributed by atoms with Gasteiger partial charge in [0.25, 0.3) is 0 Å². The minimum absolute atomic E-state index is 0.0410. The van der Waals surface area contributed by atoms with Crippen LogP contribution in [0, 0.1) is 17.2 Å². The third-order valence-corrected chi connectivity index (χ3v) is 4.75. The third kappa shape index (κ3) is 3.75. The van der Waals surface area contributed by atoms with Gasteiger partial charge in [-0.25, -0.2) is 0 Å². The summed E-state index contributed by atoms with van der Waals surface area (Å²) in [5.74, 6) is -0.905. The Kier molecular flexibility index (Phi) is 5.33. The Balaban J connectivity index is 1.61. The standard InChI is InChI=1S/C21H20N2O3/c1-15(16-7-3-2-4-8-16)23-13-19(11-20(23)24)21(25)26-14-18-10-6-5-9-17(18)12-22/h2-10,15,19H,11,13-14H2,1H3/t15-,19-/m0/s1. The fourth-order valence-corrected chi connectivity index (χ4v) is 3.20. The van der Waals surface area contributed by atoms with Crippen molar-refractivity contribution in [2.45, 2.75) is 26.0 Å². The number of carbonyl (C=O) groups excluding carboxylic acids is 2. The fourth-order valence-electron chi connectivity index (χ4n) is 3.20. The van der Waals surface area contributed by atoms with E-state index in [4.69, 9.17) is 10.00 Å². The summed E-state index contributed by atoms with van der Waals surface area (Å²) in [5.41, 5.74) is 2.20. The van der Waals surface area contributed by atoms with Crippen LogP contribution in [0.4, 0.5) is 0 Å². The molecule has 132 valence electrons. The van der Waals surface area contributed by atoms with Crippen molar-refractivity contribution >= 4 is 11.9 Å². The lowest BCUT2D eigenvalue weighted by atomic mass is 10.1. The van der Waals surface area contributed by atoms with Gasteiger partial charge in [-0.05, 0) is 18.6 Å². The summed E-state index contributed by atoms with van der Waals surface area (Å²) in [6, 6.07) is 18.8. The molecule has 1 fully saturated rings. The first-order valence-electron chi connectivity index (χ1n) is 8.59.